The summed E-state index contributed by atoms with van der Waals surface area (Å²) in [5.41, 5.74) is 2.15. The molecule has 1 atom stereocenters. The van der Waals surface area contributed by atoms with Crippen LogP contribution in [-0.4, -0.2) is 22.4 Å². The average molecular weight is 242 g/mol. The van der Waals surface area contributed by atoms with Crippen LogP contribution in [-0.2, 0) is 13.0 Å². The lowest BCUT2D eigenvalue weighted by Gasteiger charge is -2.23. The van der Waals surface area contributed by atoms with E-state index in [-0.39, 0.29) is 0 Å². The molecule has 0 aromatic carbocycles. The second kappa shape index (κ2) is 5.19. The van der Waals surface area contributed by atoms with Gasteiger partial charge in [-0.25, -0.2) is 0 Å². The number of aryl methyl sites for hydroxylation is 2. The van der Waals surface area contributed by atoms with E-state index in [9.17, 15) is 0 Å². The molecule has 1 aliphatic heterocycles. The molecule has 0 aliphatic carbocycles. The molecule has 3 nitrogen and oxygen atoms in total. The first-order valence-corrected chi connectivity index (χ1v) is 6.55. The molecule has 90 valence electrons. The number of aromatic nitrogens is 2. The van der Waals surface area contributed by atoms with Crippen LogP contribution >= 0.6 is 11.6 Å². The predicted octanol–water partition coefficient (Wildman–Crippen LogP) is 2.55. The summed E-state index contributed by atoms with van der Waals surface area (Å²) in [7, 11) is 0. The number of rotatable bonds is 3. The molecular formula is C12H20ClN3. The van der Waals surface area contributed by atoms with Gasteiger partial charge in [-0.15, -0.1) is 0 Å². The van der Waals surface area contributed by atoms with E-state index in [0.29, 0.717) is 6.04 Å². The number of hydrogen-bond acceptors (Lipinski definition) is 2. The van der Waals surface area contributed by atoms with Crippen molar-refractivity contribution in [1.82, 2.24) is 15.1 Å². The van der Waals surface area contributed by atoms with Crippen molar-refractivity contribution in [3.63, 3.8) is 0 Å². The Morgan fingerprint density at radius 1 is 1.50 bits per heavy atom. The third-order valence-electron chi connectivity index (χ3n) is 3.30. The first kappa shape index (κ1) is 11.9. The van der Waals surface area contributed by atoms with Gasteiger partial charge >= 0.3 is 0 Å². The van der Waals surface area contributed by atoms with Crippen LogP contribution < -0.4 is 5.32 Å². The van der Waals surface area contributed by atoms with Crippen molar-refractivity contribution in [1.29, 1.82) is 0 Å². The molecule has 1 N–H and O–H groups in total. The largest absolute Gasteiger partial charge is 0.314 e. The summed E-state index contributed by atoms with van der Waals surface area (Å²) < 4.78 is 2.04. The first-order valence-electron chi connectivity index (χ1n) is 6.17. The highest BCUT2D eigenvalue weighted by Gasteiger charge is 2.19. The summed E-state index contributed by atoms with van der Waals surface area (Å²) in [6.45, 7) is 6.13. The SMILES string of the molecule is CCn1nc(C)c(Cl)c1CC1CCCCN1. The van der Waals surface area contributed by atoms with E-state index in [0.717, 1.165) is 30.2 Å². The fourth-order valence-corrected chi connectivity index (χ4v) is 2.61. The molecule has 16 heavy (non-hydrogen) atoms. The van der Waals surface area contributed by atoms with Crippen LogP contribution in [0.15, 0.2) is 0 Å². The molecule has 1 unspecified atom stereocenters. The third-order valence-corrected chi connectivity index (χ3v) is 3.80. The van der Waals surface area contributed by atoms with E-state index in [2.05, 4.69) is 17.3 Å². The number of nitrogens with zero attached hydrogens (tertiary/aromatic N) is 2. The van der Waals surface area contributed by atoms with Gasteiger partial charge in [0, 0.05) is 19.0 Å². The molecule has 4 heteroatoms. The summed E-state index contributed by atoms with van der Waals surface area (Å²) in [4.78, 5) is 0. The van der Waals surface area contributed by atoms with Crippen molar-refractivity contribution < 1.29 is 0 Å². The Morgan fingerprint density at radius 3 is 2.94 bits per heavy atom. The lowest BCUT2D eigenvalue weighted by atomic mass is 10.0. The topological polar surface area (TPSA) is 29.9 Å². The summed E-state index contributed by atoms with van der Waals surface area (Å²) >= 11 is 6.30. The van der Waals surface area contributed by atoms with Gasteiger partial charge in [-0.05, 0) is 33.2 Å². The predicted molar refractivity (Wildman–Crippen MR) is 67.0 cm³/mol. The highest BCUT2D eigenvalue weighted by atomic mass is 35.5. The molecular weight excluding hydrogens is 222 g/mol. The zero-order valence-electron chi connectivity index (χ0n) is 10.1. The van der Waals surface area contributed by atoms with Crippen LogP contribution in [0, 0.1) is 6.92 Å². The van der Waals surface area contributed by atoms with Crippen LogP contribution in [0.4, 0.5) is 0 Å². The summed E-state index contributed by atoms with van der Waals surface area (Å²) in [6, 6.07) is 0.577. The molecule has 1 saturated heterocycles. The van der Waals surface area contributed by atoms with Crippen molar-refractivity contribution in [2.75, 3.05) is 6.54 Å². The van der Waals surface area contributed by atoms with Crippen molar-refractivity contribution in [3.05, 3.63) is 16.4 Å². The van der Waals surface area contributed by atoms with Gasteiger partial charge in [-0.3, -0.25) is 4.68 Å². The molecule has 0 bridgehead atoms. The van der Waals surface area contributed by atoms with Gasteiger partial charge in [0.15, 0.2) is 0 Å². The van der Waals surface area contributed by atoms with E-state index in [4.69, 9.17) is 11.6 Å². The highest BCUT2D eigenvalue weighted by molar-refractivity contribution is 6.31. The van der Waals surface area contributed by atoms with Crippen LogP contribution in [0.3, 0.4) is 0 Å². The molecule has 0 amide bonds. The van der Waals surface area contributed by atoms with Crippen molar-refractivity contribution in [2.45, 2.75) is 52.1 Å². The number of piperidine rings is 1. The zero-order valence-corrected chi connectivity index (χ0v) is 10.8. The molecule has 1 aliphatic rings. The number of nitrogens with one attached hydrogen (secondary N) is 1. The lowest BCUT2D eigenvalue weighted by molar-refractivity contribution is 0.391. The Kier molecular flexibility index (Phi) is 3.87. The van der Waals surface area contributed by atoms with Crippen molar-refractivity contribution in [3.8, 4) is 0 Å². The maximum Gasteiger partial charge on any atom is 0.0847 e. The van der Waals surface area contributed by atoms with E-state index < -0.39 is 0 Å². The Labute approximate surface area is 102 Å². The molecule has 0 radical (unpaired) electrons. The summed E-state index contributed by atoms with van der Waals surface area (Å²) in [6.07, 6.45) is 4.89. The number of hydrogen-bond donors (Lipinski definition) is 1. The van der Waals surface area contributed by atoms with E-state index >= 15 is 0 Å². The van der Waals surface area contributed by atoms with E-state index in [1.54, 1.807) is 0 Å². The molecule has 1 aromatic heterocycles. The minimum Gasteiger partial charge on any atom is -0.314 e. The van der Waals surface area contributed by atoms with Crippen molar-refractivity contribution >= 4 is 11.6 Å². The van der Waals surface area contributed by atoms with Gasteiger partial charge in [0.2, 0.25) is 0 Å². The molecule has 2 heterocycles. The maximum absolute atomic E-state index is 6.30. The minimum absolute atomic E-state index is 0.577. The normalized spacial score (nSPS) is 21.3. The smallest absolute Gasteiger partial charge is 0.0847 e. The van der Waals surface area contributed by atoms with Crippen LogP contribution in [0.25, 0.3) is 0 Å². The van der Waals surface area contributed by atoms with Crippen LogP contribution in [0.2, 0.25) is 5.02 Å². The van der Waals surface area contributed by atoms with Gasteiger partial charge in [-0.2, -0.15) is 5.10 Å². The average Bonchev–Trinajstić information content (AvgIpc) is 2.58. The Bertz CT molecular complexity index is 353. The van der Waals surface area contributed by atoms with E-state index in [1.807, 2.05) is 11.6 Å². The summed E-state index contributed by atoms with van der Waals surface area (Å²) in [5.74, 6) is 0. The summed E-state index contributed by atoms with van der Waals surface area (Å²) in [5, 5.41) is 8.86. The lowest BCUT2D eigenvalue weighted by Crippen LogP contribution is -2.36. The van der Waals surface area contributed by atoms with Crippen LogP contribution in [0.1, 0.15) is 37.6 Å². The van der Waals surface area contributed by atoms with E-state index in [1.165, 1.54) is 25.0 Å². The molecule has 0 spiro atoms. The second-order valence-corrected chi connectivity index (χ2v) is 4.89. The monoisotopic (exact) mass is 241 g/mol. The number of halogens is 1. The fourth-order valence-electron chi connectivity index (χ4n) is 2.40. The molecule has 0 saturated carbocycles. The second-order valence-electron chi connectivity index (χ2n) is 4.51. The quantitative estimate of drug-likeness (QED) is 0.882. The van der Waals surface area contributed by atoms with Gasteiger partial charge in [0.1, 0.15) is 0 Å². The van der Waals surface area contributed by atoms with Crippen molar-refractivity contribution in [2.24, 2.45) is 0 Å². The zero-order chi connectivity index (χ0) is 11.5. The van der Waals surface area contributed by atoms with Gasteiger partial charge in [0.25, 0.3) is 0 Å². The van der Waals surface area contributed by atoms with Crippen LogP contribution in [0.5, 0.6) is 0 Å². The maximum atomic E-state index is 6.30. The highest BCUT2D eigenvalue weighted by Crippen LogP contribution is 2.23. The first-order chi connectivity index (χ1) is 7.72. The molecule has 1 aromatic rings. The molecule has 1 fully saturated rings. The Balaban J connectivity index is 2.12. The Hall–Kier alpha value is -0.540. The Morgan fingerprint density at radius 2 is 2.31 bits per heavy atom. The van der Waals surface area contributed by atoms with Gasteiger partial charge in [-0.1, -0.05) is 18.0 Å². The van der Waals surface area contributed by atoms with Gasteiger partial charge < -0.3 is 5.32 Å². The fraction of sp³-hybridized carbons (Fsp3) is 0.750. The molecule has 2 rings (SSSR count). The third kappa shape index (κ3) is 2.41. The minimum atomic E-state index is 0.577. The van der Waals surface area contributed by atoms with Gasteiger partial charge in [0.05, 0.1) is 16.4 Å². The standard InChI is InChI=1S/C12H20ClN3/c1-3-16-11(12(13)9(2)15-16)8-10-6-4-5-7-14-10/h10,14H,3-8H2,1-2H3.